The van der Waals surface area contributed by atoms with Gasteiger partial charge in [0.05, 0.1) is 0 Å². The normalized spacial score (nSPS) is 22.6. The first-order valence-electron chi connectivity index (χ1n) is 5.56. The van der Waals surface area contributed by atoms with Crippen molar-refractivity contribution in [1.29, 1.82) is 0 Å². The molecule has 2 heterocycles. The third-order valence-corrected chi connectivity index (χ3v) is 3.57. The van der Waals surface area contributed by atoms with Gasteiger partial charge in [-0.25, -0.2) is 4.98 Å². The van der Waals surface area contributed by atoms with Gasteiger partial charge in [0.2, 0.25) is 0 Å². The third kappa shape index (κ3) is 2.98. The quantitative estimate of drug-likeness (QED) is 0.845. The molecule has 1 fully saturated rings. The fraction of sp³-hybridized carbons (Fsp3) is 0.700. The van der Waals surface area contributed by atoms with E-state index in [-0.39, 0.29) is 0 Å². The molecule has 1 N–H and O–H groups in total. The molecule has 16 heavy (non-hydrogen) atoms. The minimum absolute atomic E-state index is 0.594. The lowest BCUT2D eigenvalue weighted by Crippen LogP contribution is -2.26. The molecular weight excluding hydrogens is 222 g/mol. The van der Waals surface area contributed by atoms with E-state index in [4.69, 9.17) is 0 Å². The fourth-order valence-electron chi connectivity index (χ4n) is 1.50. The minimum Gasteiger partial charge on any atom is -0.361 e. The molecule has 1 unspecified atom stereocenters. The van der Waals surface area contributed by atoms with Gasteiger partial charge in [-0.1, -0.05) is 18.7 Å². The predicted octanol–water partition coefficient (Wildman–Crippen LogP) is 0.829. The van der Waals surface area contributed by atoms with Gasteiger partial charge in [-0.2, -0.15) is 5.10 Å². The first-order valence-corrected chi connectivity index (χ1v) is 6.54. The zero-order chi connectivity index (χ0) is 11.4. The predicted molar refractivity (Wildman–Crippen MR) is 66.7 cm³/mol. The number of nitrogens with one attached hydrogen (secondary N) is 1. The molecule has 0 saturated carbocycles. The Hall–Kier alpha value is -1.04. The van der Waals surface area contributed by atoms with E-state index in [1.54, 1.807) is 11.0 Å². The fourth-order valence-corrected chi connectivity index (χ4v) is 2.62. The van der Waals surface area contributed by atoms with Crippen LogP contribution in [0.15, 0.2) is 11.3 Å². The number of amidine groups is 1. The molecule has 0 spiro atoms. The van der Waals surface area contributed by atoms with E-state index in [0.717, 1.165) is 36.1 Å². The van der Waals surface area contributed by atoms with Gasteiger partial charge in [-0.05, 0) is 6.42 Å². The van der Waals surface area contributed by atoms with E-state index in [1.807, 2.05) is 18.8 Å². The number of nitrogens with zero attached hydrogens (tertiary/aromatic N) is 4. The average Bonchev–Trinajstić information content (AvgIpc) is 2.88. The van der Waals surface area contributed by atoms with Crippen LogP contribution in [-0.2, 0) is 13.5 Å². The van der Waals surface area contributed by atoms with Crippen molar-refractivity contribution in [2.75, 3.05) is 12.3 Å². The Morgan fingerprint density at radius 1 is 1.69 bits per heavy atom. The first kappa shape index (κ1) is 11.4. The maximum atomic E-state index is 4.51. The van der Waals surface area contributed by atoms with Crippen LogP contribution in [0.25, 0.3) is 0 Å². The third-order valence-electron chi connectivity index (χ3n) is 2.48. The molecule has 0 amide bonds. The highest BCUT2D eigenvalue weighted by molar-refractivity contribution is 8.14. The molecule has 5 nitrogen and oxygen atoms in total. The standard InChI is InChI=1S/C10H17N5S/c1-3-8-6-16-10(13-8)11-5-4-9-12-7-15(2)14-9/h7-8H,3-6H2,1-2H3,(H,11,13). The highest BCUT2D eigenvalue weighted by Crippen LogP contribution is 2.15. The summed E-state index contributed by atoms with van der Waals surface area (Å²) in [6.07, 6.45) is 3.69. The van der Waals surface area contributed by atoms with Crippen LogP contribution in [0.2, 0.25) is 0 Å². The van der Waals surface area contributed by atoms with Crippen molar-refractivity contribution >= 4 is 16.9 Å². The number of thioether (sulfide) groups is 1. The summed E-state index contributed by atoms with van der Waals surface area (Å²) in [7, 11) is 1.88. The highest BCUT2D eigenvalue weighted by atomic mass is 32.2. The van der Waals surface area contributed by atoms with E-state index < -0.39 is 0 Å². The van der Waals surface area contributed by atoms with Crippen molar-refractivity contribution in [3.8, 4) is 0 Å². The van der Waals surface area contributed by atoms with Crippen molar-refractivity contribution in [3.05, 3.63) is 12.2 Å². The summed E-state index contributed by atoms with van der Waals surface area (Å²) >= 11 is 1.81. The minimum atomic E-state index is 0.594. The van der Waals surface area contributed by atoms with E-state index in [1.165, 1.54) is 0 Å². The van der Waals surface area contributed by atoms with Crippen LogP contribution in [0, 0.1) is 0 Å². The van der Waals surface area contributed by atoms with Gasteiger partial charge in [0.15, 0.2) is 11.0 Å². The summed E-state index contributed by atoms with van der Waals surface area (Å²) in [6, 6.07) is 0.594. The van der Waals surface area contributed by atoms with Crippen molar-refractivity contribution in [1.82, 2.24) is 20.1 Å². The van der Waals surface area contributed by atoms with Crippen molar-refractivity contribution in [3.63, 3.8) is 0 Å². The number of aromatic nitrogens is 3. The van der Waals surface area contributed by atoms with Gasteiger partial charge in [0, 0.05) is 31.8 Å². The van der Waals surface area contributed by atoms with Crippen LogP contribution in [0.3, 0.4) is 0 Å². The number of rotatable bonds is 4. The van der Waals surface area contributed by atoms with Gasteiger partial charge in [0.1, 0.15) is 6.33 Å². The lowest BCUT2D eigenvalue weighted by molar-refractivity contribution is 0.666. The molecule has 1 aromatic heterocycles. The lowest BCUT2D eigenvalue weighted by Gasteiger charge is -2.04. The molecular formula is C10H17N5S. The van der Waals surface area contributed by atoms with Crippen LogP contribution in [0.5, 0.6) is 0 Å². The maximum Gasteiger partial charge on any atom is 0.156 e. The van der Waals surface area contributed by atoms with Gasteiger partial charge in [-0.3, -0.25) is 9.67 Å². The Labute approximate surface area is 99.7 Å². The van der Waals surface area contributed by atoms with Gasteiger partial charge >= 0.3 is 0 Å². The highest BCUT2D eigenvalue weighted by Gasteiger charge is 2.17. The smallest absolute Gasteiger partial charge is 0.156 e. The molecule has 1 aliphatic rings. The second-order valence-corrected chi connectivity index (χ2v) is 4.84. The Morgan fingerprint density at radius 3 is 3.19 bits per heavy atom. The number of aliphatic imine (C=N–C) groups is 1. The maximum absolute atomic E-state index is 4.51. The molecule has 0 aromatic carbocycles. The number of hydrogen-bond acceptors (Lipinski definition) is 4. The SMILES string of the molecule is CCC1CSC(=NCCc2ncn(C)n2)N1. The van der Waals surface area contributed by atoms with E-state index in [2.05, 4.69) is 27.3 Å². The monoisotopic (exact) mass is 239 g/mol. The first-order chi connectivity index (χ1) is 7.78. The molecule has 1 aliphatic heterocycles. The molecule has 0 bridgehead atoms. The van der Waals surface area contributed by atoms with E-state index >= 15 is 0 Å². The Balaban J connectivity index is 1.77. The summed E-state index contributed by atoms with van der Waals surface area (Å²) in [5, 5.41) is 8.69. The van der Waals surface area contributed by atoms with Crippen LogP contribution in [0.4, 0.5) is 0 Å². The van der Waals surface area contributed by atoms with Gasteiger partial charge in [0.25, 0.3) is 0 Å². The van der Waals surface area contributed by atoms with Gasteiger partial charge < -0.3 is 5.32 Å². The molecule has 6 heteroatoms. The van der Waals surface area contributed by atoms with Crippen LogP contribution in [-0.4, -0.2) is 38.3 Å². The van der Waals surface area contributed by atoms with E-state index in [9.17, 15) is 0 Å². The van der Waals surface area contributed by atoms with Crippen molar-refractivity contribution in [2.24, 2.45) is 12.0 Å². The van der Waals surface area contributed by atoms with Crippen LogP contribution in [0.1, 0.15) is 19.2 Å². The van der Waals surface area contributed by atoms with Crippen LogP contribution < -0.4 is 5.32 Å². The van der Waals surface area contributed by atoms with Gasteiger partial charge in [-0.15, -0.1) is 0 Å². The Kier molecular flexibility index (Phi) is 3.82. The van der Waals surface area contributed by atoms with Crippen LogP contribution >= 0.6 is 11.8 Å². The molecule has 88 valence electrons. The summed E-state index contributed by atoms with van der Waals surface area (Å²) in [6.45, 7) is 2.95. The average molecular weight is 239 g/mol. The zero-order valence-electron chi connectivity index (χ0n) is 9.68. The topological polar surface area (TPSA) is 55.1 Å². The summed E-state index contributed by atoms with van der Waals surface area (Å²) in [5.74, 6) is 2.00. The summed E-state index contributed by atoms with van der Waals surface area (Å²) in [5.41, 5.74) is 0. The second kappa shape index (κ2) is 5.34. The second-order valence-electron chi connectivity index (χ2n) is 3.83. The van der Waals surface area contributed by atoms with Crippen molar-refractivity contribution in [2.45, 2.75) is 25.8 Å². The number of aryl methyl sites for hydroxylation is 1. The summed E-state index contributed by atoms with van der Waals surface area (Å²) < 4.78 is 1.72. The molecule has 0 aliphatic carbocycles. The largest absolute Gasteiger partial charge is 0.361 e. The Morgan fingerprint density at radius 2 is 2.56 bits per heavy atom. The van der Waals surface area contributed by atoms with Crippen molar-refractivity contribution < 1.29 is 0 Å². The molecule has 1 saturated heterocycles. The molecule has 0 radical (unpaired) electrons. The summed E-state index contributed by atoms with van der Waals surface area (Å²) in [4.78, 5) is 8.67. The molecule has 2 rings (SSSR count). The number of hydrogen-bond donors (Lipinski definition) is 1. The molecule has 1 aromatic rings. The lowest BCUT2D eigenvalue weighted by atomic mass is 10.3. The Bertz CT molecular complexity index is 373. The van der Waals surface area contributed by atoms with E-state index in [0.29, 0.717) is 6.04 Å². The molecule has 1 atom stereocenters. The zero-order valence-corrected chi connectivity index (χ0v) is 10.5.